The number of aromatic nitrogens is 1. The molecule has 1 aromatic rings. The molecule has 0 radical (unpaired) electrons. The van der Waals surface area contributed by atoms with E-state index in [1.165, 1.54) is 25.3 Å². The van der Waals surface area contributed by atoms with E-state index in [9.17, 15) is 9.59 Å². The number of pyridine rings is 1. The average molecular weight is 290 g/mol. The van der Waals surface area contributed by atoms with Gasteiger partial charge >= 0.3 is 6.03 Å². The number of urea groups is 1. The number of nitrogens with one attached hydrogen (secondary N) is 2. The number of hydrazine groups is 1. The number of hydrogen-bond donors (Lipinski definition) is 2. The van der Waals surface area contributed by atoms with Crippen LogP contribution < -0.4 is 16.3 Å². The zero-order valence-corrected chi connectivity index (χ0v) is 12.3. The van der Waals surface area contributed by atoms with Crippen LogP contribution in [0.5, 0.6) is 0 Å². The molecule has 0 aromatic carbocycles. The smallest absolute Gasteiger partial charge is 0.314 e. The summed E-state index contributed by atoms with van der Waals surface area (Å²) in [6.07, 6.45) is 6.41. The summed E-state index contributed by atoms with van der Waals surface area (Å²) in [5.41, 5.74) is 3.81. The first-order valence-corrected chi connectivity index (χ1v) is 7.73. The third-order valence-electron chi connectivity index (χ3n) is 4.52. The van der Waals surface area contributed by atoms with Crippen molar-refractivity contribution in [3.63, 3.8) is 0 Å². The molecule has 3 rings (SSSR count). The summed E-state index contributed by atoms with van der Waals surface area (Å²) in [5, 5.41) is 4.62. The third-order valence-corrected chi connectivity index (χ3v) is 4.52. The van der Waals surface area contributed by atoms with Crippen LogP contribution in [0.3, 0.4) is 0 Å². The number of fused-ring (bicyclic) bond motifs is 1. The Bertz CT molecular complexity index is 583. The van der Waals surface area contributed by atoms with Crippen molar-refractivity contribution in [2.24, 2.45) is 5.92 Å². The second-order valence-corrected chi connectivity index (χ2v) is 5.82. The minimum atomic E-state index is -0.134. The molecule has 2 fully saturated rings. The van der Waals surface area contributed by atoms with Gasteiger partial charge in [0.25, 0.3) is 5.56 Å². The van der Waals surface area contributed by atoms with Crippen molar-refractivity contribution in [3.05, 3.63) is 28.7 Å². The van der Waals surface area contributed by atoms with Crippen LogP contribution in [-0.4, -0.2) is 28.2 Å². The van der Waals surface area contributed by atoms with Crippen molar-refractivity contribution in [2.75, 3.05) is 11.9 Å². The van der Waals surface area contributed by atoms with Crippen molar-refractivity contribution in [2.45, 2.75) is 45.2 Å². The van der Waals surface area contributed by atoms with Gasteiger partial charge < -0.3 is 9.88 Å². The molecule has 2 N–H and O–H groups in total. The summed E-state index contributed by atoms with van der Waals surface area (Å²) in [6.45, 7) is 3.38. The lowest BCUT2D eigenvalue weighted by molar-refractivity contribution is 0.161. The molecule has 2 atom stereocenters. The molecule has 1 aliphatic heterocycles. The maximum atomic E-state index is 12.4. The Balaban J connectivity index is 1.70. The summed E-state index contributed by atoms with van der Waals surface area (Å²) in [7, 11) is 0. The van der Waals surface area contributed by atoms with Gasteiger partial charge in [0.2, 0.25) is 0 Å². The molecular weight excluding hydrogens is 268 g/mol. The second-order valence-electron chi connectivity index (χ2n) is 5.82. The highest BCUT2D eigenvalue weighted by molar-refractivity contribution is 5.89. The van der Waals surface area contributed by atoms with E-state index in [1.807, 2.05) is 6.92 Å². The largest absolute Gasteiger partial charge is 0.336 e. The van der Waals surface area contributed by atoms with E-state index < -0.39 is 0 Å². The molecule has 0 bridgehead atoms. The lowest BCUT2D eigenvalue weighted by Crippen LogP contribution is -2.46. The highest BCUT2D eigenvalue weighted by Crippen LogP contribution is 2.31. The number of aryl methyl sites for hydroxylation is 1. The van der Waals surface area contributed by atoms with Crippen LogP contribution in [-0.2, 0) is 6.54 Å². The standard InChI is InChI=1S/C15H22N4O2/c1-2-18-10-12(7-8-14(18)20)17-15(21)19-13-6-4-3-5-11(13)9-16-19/h7-8,10-11,13,16H,2-6,9H2,1H3,(H,17,21). The van der Waals surface area contributed by atoms with Gasteiger partial charge in [-0.3, -0.25) is 9.80 Å². The number of hydrogen-bond acceptors (Lipinski definition) is 3. The normalized spacial score (nSPS) is 24.7. The lowest BCUT2D eigenvalue weighted by atomic mass is 9.86. The zero-order valence-electron chi connectivity index (χ0n) is 12.3. The van der Waals surface area contributed by atoms with Gasteiger partial charge in [0, 0.05) is 25.4 Å². The molecule has 0 spiro atoms. The second kappa shape index (κ2) is 5.89. The molecule has 2 amide bonds. The number of carbonyl (C=O) groups excluding carboxylic acids is 1. The molecule has 6 nitrogen and oxygen atoms in total. The van der Waals surface area contributed by atoms with Gasteiger partial charge in [-0.2, -0.15) is 0 Å². The first-order chi connectivity index (χ1) is 10.2. The van der Waals surface area contributed by atoms with E-state index in [1.54, 1.807) is 21.8 Å². The van der Waals surface area contributed by atoms with Crippen LogP contribution in [0.2, 0.25) is 0 Å². The topological polar surface area (TPSA) is 66.4 Å². The summed E-state index contributed by atoms with van der Waals surface area (Å²) in [4.78, 5) is 24.0. The SMILES string of the molecule is CCn1cc(NC(=O)N2NCC3CCCCC32)ccc1=O. The number of anilines is 1. The quantitative estimate of drug-likeness (QED) is 0.872. The molecular formula is C15H22N4O2. The monoisotopic (exact) mass is 290 g/mol. The molecule has 6 heteroatoms. The number of amides is 2. The Labute approximate surface area is 124 Å². The highest BCUT2D eigenvalue weighted by Gasteiger charge is 2.38. The summed E-state index contributed by atoms with van der Waals surface area (Å²) in [5.74, 6) is 0.578. The molecule has 1 aromatic heterocycles. The van der Waals surface area contributed by atoms with Gasteiger partial charge in [0.15, 0.2) is 0 Å². The molecule has 2 aliphatic rings. The molecule has 2 unspecified atom stereocenters. The zero-order chi connectivity index (χ0) is 14.8. The third kappa shape index (κ3) is 2.81. The van der Waals surface area contributed by atoms with Gasteiger partial charge in [-0.1, -0.05) is 12.8 Å². The van der Waals surface area contributed by atoms with E-state index in [0.29, 0.717) is 24.2 Å². The van der Waals surface area contributed by atoms with E-state index in [-0.39, 0.29) is 11.6 Å². The molecule has 114 valence electrons. The van der Waals surface area contributed by atoms with Gasteiger partial charge in [0.1, 0.15) is 0 Å². The van der Waals surface area contributed by atoms with E-state index >= 15 is 0 Å². The number of rotatable bonds is 2. The predicted octanol–water partition coefficient (Wildman–Crippen LogP) is 1.78. The Kier molecular flexibility index (Phi) is 3.96. The van der Waals surface area contributed by atoms with Crippen molar-refractivity contribution < 1.29 is 4.79 Å². The first-order valence-electron chi connectivity index (χ1n) is 7.73. The fourth-order valence-electron chi connectivity index (χ4n) is 3.36. The van der Waals surface area contributed by atoms with Gasteiger partial charge in [0.05, 0.1) is 11.7 Å². The lowest BCUT2D eigenvalue weighted by Gasteiger charge is -2.30. The average Bonchev–Trinajstić information content (AvgIpc) is 2.93. The van der Waals surface area contributed by atoms with E-state index in [2.05, 4.69) is 10.7 Å². The van der Waals surface area contributed by atoms with Crippen molar-refractivity contribution >= 4 is 11.7 Å². The maximum Gasteiger partial charge on any atom is 0.336 e. The summed E-state index contributed by atoms with van der Waals surface area (Å²) < 4.78 is 1.58. The minimum absolute atomic E-state index is 0.0536. The van der Waals surface area contributed by atoms with E-state index in [4.69, 9.17) is 0 Å². The summed E-state index contributed by atoms with van der Waals surface area (Å²) >= 11 is 0. The summed E-state index contributed by atoms with van der Waals surface area (Å²) in [6, 6.07) is 3.31. The van der Waals surface area contributed by atoms with Crippen LogP contribution in [0.4, 0.5) is 10.5 Å². The van der Waals surface area contributed by atoms with Crippen molar-refractivity contribution in [3.8, 4) is 0 Å². The molecule has 1 saturated heterocycles. The molecule has 2 heterocycles. The van der Waals surface area contributed by atoms with Crippen molar-refractivity contribution in [1.29, 1.82) is 0 Å². The Hall–Kier alpha value is -1.82. The first kappa shape index (κ1) is 14.1. The fourth-order valence-corrected chi connectivity index (χ4v) is 3.36. The maximum absolute atomic E-state index is 12.4. The minimum Gasteiger partial charge on any atom is -0.314 e. The Morgan fingerprint density at radius 1 is 1.38 bits per heavy atom. The predicted molar refractivity (Wildman–Crippen MR) is 81.0 cm³/mol. The van der Waals surface area contributed by atoms with Crippen LogP contribution in [0.25, 0.3) is 0 Å². The molecule has 21 heavy (non-hydrogen) atoms. The van der Waals surface area contributed by atoms with E-state index in [0.717, 1.165) is 13.0 Å². The highest BCUT2D eigenvalue weighted by atomic mass is 16.2. The number of carbonyl (C=O) groups is 1. The van der Waals surface area contributed by atoms with Crippen molar-refractivity contribution in [1.82, 2.24) is 15.0 Å². The van der Waals surface area contributed by atoms with Gasteiger partial charge in [-0.05, 0) is 31.7 Å². The van der Waals surface area contributed by atoms with Crippen LogP contribution >= 0.6 is 0 Å². The molecule has 1 aliphatic carbocycles. The van der Waals surface area contributed by atoms with Crippen LogP contribution in [0.1, 0.15) is 32.6 Å². The Morgan fingerprint density at radius 3 is 3.00 bits per heavy atom. The molecule has 1 saturated carbocycles. The van der Waals surface area contributed by atoms with Crippen LogP contribution in [0, 0.1) is 5.92 Å². The van der Waals surface area contributed by atoms with Gasteiger partial charge in [-0.15, -0.1) is 0 Å². The fraction of sp³-hybridized carbons (Fsp3) is 0.600. The van der Waals surface area contributed by atoms with Gasteiger partial charge in [-0.25, -0.2) is 10.2 Å². The number of nitrogens with zero attached hydrogens (tertiary/aromatic N) is 2. The Morgan fingerprint density at radius 2 is 2.19 bits per heavy atom. The van der Waals surface area contributed by atoms with Crippen LogP contribution in [0.15, 0.2) is 23.1 Å².